The molecule has 0 spiro atoms. The average molecular weight is 233 g/mol. The second-order valence-corrected chi connectivity index (χ2v) is 3.83. The van der Waals surface area contributed by atoms with Crippen LogP contribution < -0.4 is 5.32 Å². The molecule has 0 aliphatic carbocycles. The number of anilines is 1. The van der Waals surface area contributed by atoms with E-state index in [-0.39, 0.29) is 6.61 Å². The fourth-order valence-corrected chi connectivity index (χ4v) is 1.48. The van der Waals surface area contributed by atoms with Gasteiger partial charge in [-0.3, -0.25) is 4.98 Å². The molecule has 0 fully saturated rings. The predicted molar refractivity (Wildman–Crippen MR) is 63.5 cm³/mol. The SMILES string of the molecule is Cc1cnc(C)c(NCc2ccc(CO)o2)n1. The van der Waals surface area contributed by atoms with Crippen molar-refractivity contribution in [1.82, 2.24) is 9.97 Å². The molecule has 5 nitrogen and oxygen atoms in total. The first-order valence-electron chi connectivity index (χ1n) is 5.41. The Hall–Kier alpha value is -1.88. The summed E-state index contributed by atoms with van der Waals surface area (Å²) in [5.74, 6) is 2.08. The van der Waals surface area contributed by atoms with Gasteiger partial charge in [-0.25, -0.2) is 4.98 Å². The Kier molecular flexibility index (Phi) is 3.39. The van der Waals surface area contributed by atoms with Crippen LogP contribution in [0.15, 0.2) is 22.7 Å². The number of furan rings is 1. The number of aryl methyl sites for hydroxylation is 2. The van der Waals surface area contributed by atoms with Crippen LogP contribution in [0.4, 0.5) is 5.82 Å². The molecule has 0 radical (unpaired) electrons. The maximum atomic E-state index is 8.88. The number of hydrogen-bond donors (Lipinski definition) is 2. The van der Waals surface area contributed by atoms with Crippen molar-refractivity contribution in [1.29, 1.82) is 0 Å². The molecule has 0 aromatic carbocycles. The monoisotopic (exact) mass is 233 g/mol. The van der Waals surface area contributed by atoms with E-state index in [1.165, 1.54) is 0 Å². The van der Waals surface area contributed by atoms with Gasteiger partial charge in [0.15, 0.2) is 0 Å². The van der Waals surface area contributed by atoms with Gasteiger partial charge in [0.1, 0.15) is 23.9 Å². The zero-order valence-corrected chi connectivity index (χ0v) is 9.90. The van der Waals surface area contributed by atoms with Crippen LogP contribution in [0.3, 0.4) is 0 Å². The molecule has 0 amide bonds. The van der Waals surface area contributed by atoms with E-state index in [1.807, 2.05) is 19.9 Å². The van der Waals surface area contributed by atoms with Crippen LogP contribution in [-0.4, -0.2) is 15.1 Å². The molecule has 0 saturated heterocycles. The van der Waals surface area contributed by atoms with E-state index in [0.29, 0.717) is 12.3 Å². The van der Waals surface area contributed by atoms with E-state index in [2.05, 4.69) is 15.3 Å². The Balaban J connectivity index is 2.04. The first kappa shape index (κ1) is 11.6. The molecule has 2 N–H and O–H groups in total. The molecule has 5 heteroatoms. The van der Waals surface area contributed by atoms with Gasteiger partial charge in [-0.15, -0.1) is 0 Å². The molecule has 0 aliphatic rings. The topological polar surface area (TPSA) is 71.2 Å². The second-order valence-electron chi connectivity index (χ2n) is 3.83. The molecule has 90 valence electrons. The average Bonchev–Trinajstić information content (AvgIpc) is 2.78. The lowest BCUT2D eigenvalue weighted by molar-refractivity contribution is 0.244. The first-order valence-corrected chi connectivity index (χ1v) is 5.41. The van der Waals surface area contributed by atoms with Gasteiger partial charge >= 0.3 is 0 Å². The Bertz CT molecular complexity index is 508. The molecule has 2 rings (SSSR count). The zero-order valence-electron chi connectivity index (χ0n) is 9.90. The van der Waals surface area contributed by atoms with Gasteiger partial charge in [0.25, 0.3) is 0 Å². The van der Waals surface area contributed by atoms with Crippen LogP contribution in [0.25, 0.3) is 0 Å². The summed E-state index contributed by atoms with van der Waals surface area (Å²) < 4.78 is 5.36. The Labute approximate surface area is 99.5 Å². The van der Waals surface area contributed by atoms with Crippen molar-refractivity contribution in [3.05, 3.63) is 41.2 Å². The highest BCUT2D eigenvalue weighted by Gasteiger charge is 2.04. The van der Waals surface area contributed by atoms with Crippen LogP contribution in [0.5, 0.6) is 0 Å². The fraction of sp³-hybridized carbons (Fsp3) is 0.333. The van der Waals surface area contributed by atoms with Crippen molar-refractivity contribution in [3.63, 3.8) is 0 Å². The summed E-state index contributed by atoms with van der Waals surface area (Å²) in [4.78, 5) is 8.57. The van der Waals surface area contributed by atoms with Crippen LogP contribution >= 0.6 is 0 Å². The molecular weight excluding hydrogens is 218 g/mol. The van der Waals surface area contributed by atoms with Gasteiger partial charge < -0.3 is 14.8 Å². The summed E-state index contributed by atoms with van der Waals surface area (Å²) in [6.45, 7) is 4.24. The summed E-state index contributed by atoms with van der Waals surface area (Å²) in [5, 5.41) is 12.0. The van der Waals surface area contributed by atoms with Crippen molar-refractivity contribution in [3.8, 4) is 0 Å². The van der Waals surface area contributed by atoms with E-state index < -0.39 is 0 Å². The van der Waals surface area contributed by atoms with Crippen molar-refractivity contribution in [2.75, 3.05) is 5.32 Å². The molecule has 2 heterocycles. The van der Waals surface area contributed by atoms with Crippen molar-refractivity contribution < 1.29 is 9.52 Å². The number of nitrogens with one attached hydrogen (secondary N) is 1. The Morgan fingerprint density at radius 1 is 1.29 bits per heavy atom. The summed E-state index contributed by atoms with van der Waals surface area (Å²) >= 11 is 0. The Morgan fingerprint density at radius 3 is 2.76 bits per heavy atom. The van der Waals surface area contributed by atoms with Gasteiger partial charge in [-0.1, -0.05) is 0 Å². The van der Waals surface area contributed by atoms with E-state index in [0.717, 1.165) is 23.0 Å². The predicted octanol–water partition coefficient (Wildman–Crippen LogP) is 1.79. The quantitative estimate of drug-likeness (QED) is 0.842. The minimum Gasteiger partial charge on any atom is -0.462 e. The number of aliphatic hydroxyl groups excluding tert-OH is 1. The molecule has 0 unspecified atom stereocenters. The molecule has 0 saturated carbocycles. The minimum atomic E-state index is -0.0801. The van der Waals surface area contributed by atoms with Gasteiger partial charge in [0.2, 0.25) is 0 Å². The van der Waals surface area contributed by atoms with Crippen molar-refractivity contribution >= 4 is 5.82 Å². The third-order valence-electron chi connectivity index (χ3n) is 2.38. The van der Waals surface area contributed by atoms with Gasteiger partial charge in [0.05, 0.1) is 17.9 Å². The fourth-order valence-electron chi connectivity index (χ4n) is 1.48. The molecule has 2 aromatic rings. The van der Waals surface area contributed by atoms with Gasteiger partial charge in [0, 0.05) is 6.20 Å². The van der Waals surface area contributed by atoms with Crippen LogP contribution in [0, 0.1) is 13.8 Å². The smallest absolute Gasteiger partial charge is 0.148 e. The first-order chi connectivity index (χ1) is 8.19. The van der Waals surface area contributed by atoms with Crippen molar-refractivity contribution in [2.45, 2.75) is 27.0 Å². The number of aromatic nitrogens is 2. The molecule has 2 aromatic heterocycles. The molecule has 0 bridgehead atoms. The normalized spacial score (nSPS) is 10.5. The van der Waals surface area contributed by atoms with Crippen LogP contribution in [0.2, 0.25) is 0 Å². The summed E-state index contributed by atoms with van der Waals surface area (Å²) in [6.07, 6.45) is 1.73. The Morgan fingerprint density at radius 2 is 2.06 bits per heavy atom. The standard InChI is InChI=1S/C12H15N3O2/c1-8-5-13-9(2)12(15-8)14-6-10-3-4-11(7-16)17-10/h3-5,16H,6-7H2,1-2H3,(H,14,15). The number of nitrogens with zero attached hydrogens (tertiary/aromatic N) is 2. The number of rotatable bonds is 4. The highest BCUT2D eigenvalue weighted by molar-refractivity contribution is 5.39. The van der Waals surface area contributed by atoms with Crippen LogP contribution in [-0.2, 0) is 13.2 Å². The second kappa shape index (κ2) is 4.97. The summed E-state index contributed by atoms with van der Waals surface area (Å²) in [6, 6.07) is 3.59. The number of hydrogen-bond acceptors (Lipinski definition) is 5. The largest absolute Gasteiger partial charge is 0.462 e. The van der Waals surface area contributed by atoms with E-state index >= 15 is 0 Å². The number of aliphatic hydroxyl groups is 1. The lowest BCUT2D eigenvalue weighted by atomic mass is 10.4. The maximum absolute atomic E-state index is 8.88. The lowest BCUT2D eigenvalue weighted by Gasteiger charge is -2.06. The maximum Gasteiger partial charge on any atom is 0.148 e. The van der Waals surface area contributed by atoms with Gasteiger partial charge in [-0.2, -0.15) is 0 Å². The lowest BCUT2D eigenvalue weighted by Crippen LogP contribution is -2.04. The van der Waals surface area contributed by atoms with Gasteiger partial charge in [-0.05, 0) is 26.0 Å². The van der Waals surface area contributed by atoms with Crippen molar-refractivity contribution in [2.24, 2.45) is 0 Å². The molecule has 17 heavy (non-hydrogen) atoms. The van der Waals surface area contributed by atoms with E-state index in [1.54, 1.807) is 12.3 Å². The summed E-state index contributed by atoms with van der Waals surface area (Å²) in [5.41, 5.74) is 1.72. The van der Waals surface area contributed by atoms with E-state index in [4.69, 9.17) is 9.52 Å². The molecular formula is C12H15N3O2. The third-order valence-corrected chi connectivity index (χ3v) is 2.38. The molecule has 0 aliphatic heterocycles. The molecule has 0 atom stereocenters. The highest BCUT2D eigenvalue weighted by Crippen LogP contribution is 2.12. The minimum absolute atomic E-state index is 0.0801. The summed E-state index contributed by atoms with van der Waals surface area (Å²) in [7, 11) is 0. The third kappa shape index (κ3) is 2.82. The highest BCUT2D eigenvalue weighted by atomic mass is 16.4. The van der Waals surface area contributed by atoms with E-state index in [9.17, 15) is 0 Å². The van der Waals surface area contributed by atoms with Crippen LogP contribution in [0.1, 0.15) is 22.9 Å². The zero-order chi connectivity index (χ0) is 12.3.